The summed E-state index contributed by atoms with van der Waals surface area (Å²) in [7, 11) is 0. The molecule has 0 bridgehead atoms. The van der Waals surface area contributed by atoms with Crippen LogP contribution < -0.4 is 5.48 Å². The molecule has 5 nitrogen and oxygen atoms in total. The molecule has 0 saturated carbocycles. The van der Waals surface area contributed by atoms with Gasteiger partial charge in [0.2, 0.25) is 0 Å². The first-order valence-electron chi connectivity index (χ1n) is 2.84. The van der Waals surface area contributed by atoms with Crippen LogP contribution in [0.25, 0.3) is 0 Å². The number of rotatable bonds is 2. The first-order chi connectivity index (χ1) is 5.27. The number of hydrogen-bond acceptors (Lipinski definition) is 5. The first kappa shape index (κ1) is 7.49. The third-order valence-electron chi connectivity index (χ3n) is 1.20. The van der Waals surface area contributed by atoms with Crippen molar-refractivity contribution in [2.24, 2.45) is 5.18 Å². The van der Waals surface area contributed by atoms with Crippen molar-refractivity contribution in [3.63, 3.8) is 0 Å². The number of anilines is 1. The highest BCUT2D eigenvalue weighted by atomic mass is 16.5. The van der Waals surface area contributed by atoms with E-state index in [0.29, 0.717) is 0 Å². The van der Waals surface area contributed by atoms with Crippen LogP contribution in [-0.2, 0) is 0 Å². The average Bonchev–Trinajstić information content (AvgIpc) is 2.04. The summed E-state index contributed by atoms with van der Waals surface area (Å²) in [5, 5.41) is 19.9. The van der Waals surface area contributed by atoms with E-state index in [9.17, 15) is 4.91 Å². The topological polar surface area (TPSA) is 81.9 Å². The van der Waals surface area contributed by atoms with Crippen molar-refractivity contribution < 1.29 is 10.3 Å². The number of hydrogen-bond donors (Lipinski definition) is 3. The molecule has 0 heterocycles. The molecule has 58 valence electrons. The number of nitroso groups, excluding NO2 is 1. The van der Waals surface area contributed by atoms with Crippen molar-refractivity contribution in [3.8, 4) is 5.75 Å². The summed E-state index contributed by atoms with van der Waals surface area (Å²) in [6, 6.07) is 3.79. The van der Waals surface area contributed by atoms with Crippen LogP contribution in [-0.4, -0.2) is 10.3 Å². The number of aromatic hydroxyl groups is 1. The molecule has 11 heavy (non-hydrogen) atoms. The fraction of sp³-hybridized carbons (Fsp3) is 0. The third-order valence-corrected chi connectivity index (χ3v) is 1.20. The largest absolute Gasteiger partial charge is 0.508 e. The van der Waals surface area contributed by atoms with Gasteiger partial charge in [-0.15, -0.1) is 4.91 Å². The van der Waals surface area contributed by atoms with E-state index in [2.05, 4.69) is 5.18 Å². The minimum absolute atomic E-state index is 0.0466. The lowest BCUT2D eigenvalue weighted by atomic mass is 10.2. The molecular weight excluding hydrogens is 148 g/mol. The second-order valence-corrected chi connectivity index (χ2v) is 1.90. The minimum atomic E-state index is -0.0473. The second-order valence-electron chi connectivity index (χ2n) is 1.90. The Morgan fingerprint density at radius 2 is 2.18 bits per heavy atom. The predicted molar refractivity (Wildman–Crippen MR) is 39.0 cm³/mol. The zero-order valence-electron chi connectivity index (χ0n) is 5.48. The Morgan fingerprint density at radius 1 is 1.45 bits per heavy atom. The molecule has 5 heteroatoms. The molecular formula is C6H6N2O3. The minimum Gasteiger partial charge on any atom is -0.508 e. The fourth-order valence-corrected chi connectivity index (χ4v) is 0.693. The van der Waals surface area contributed by atoms with Crippen LogP contribution >= 0.6 is 0 Å². The van der Waals surface area contributed by atoms with Gasteiger partial charge in [0.05, 0.1) is 5.69 Å². The summed E-state index contributed by atoms with van der Waals surface area (Å²) in [5.41, 5.74) is 1.86. The van der Waals surface area contributed by atoms with Crippen LogP contribution in [0.1, 0.15) is 0 Å². The second kappa shape index (κ2) is 2.98. The lowest BCUT2D eigenvalue weighted by Crippen LogP contribution is -1.88. The van der Waals surface area contributed by atoms with Crippen molar-refractivity contribution in [3.05, 3.63) is 23.1 Å². The Hall–Kier alpha value is -1.62. The first-order valence-corrected chi connectivity index (χ1v) is 2.84. The van der Waals surface area contributed by atoms with Gasteiger partial charge in [0.15, 0.2) is 0 Å². The number of phenolic OH excluding ortho intramolecular Hbond substituents is 1. The molecule has 0 amide bonds. The lowest BCUT2D eigenvalue weighted by Gasteiger charge is -2.00. The lowest BCUT2D eigenvalue weighted by molar-refractivity contribution is 0.388. The molecule has 0 aliphatic rings. The number of nitrogens with one attached hydrogen (secondary N) is 1. The van der Waals surface area contributed by atoms with Crippen molar-refractivity contribution in [2.75, 3.05) is 5.48 Å². The molecule has 0 spiro atoms. The number of phenols is 1. The molecule has 1 aromatic carbocycles. The van der Waals surface area contributed by atoms with E-state index in [1.165, 1.54) is 18.2 Å². The zero-order chi connectivity index (χ0) is 8.27. The van der Waals surface area contributed by atoms with Gasteiger partial charge < -0.3 is 5.11 Å². The monoisotopic (exact) mass is 154 g/mol. The standard InChI is InChI=1S/C6H6N2O3/c9-4-1-2-5(7-10)6(3-4)8-11/h1-3,8-9,11H. The molecule has 0 aliphatic heterocycles. The van der Waals surface area contributed by atoms with Crippen LogP contribution in [0.15, 0.2) is 23.4 Å². The smallest absolute Gasteiger partial charge is 0.133 e. The van der Waals surface area contributed by atoms with Crippen molar-refractivity contribution >= 4 is 11.4 Å². The Kier molecular flexibility index (Phi) is 2.03. The molecule has 0 atom stereocenters. The van der Waals surface area contributed by atoms with Crippen molar-refractivity contribution in [1.82, 2.24) is 0 Å². The fourth-order valence-electron chi connectivity index (χ4n) is 0.693. The van der Waals surface area contributed by atoms with Crippen LogP contribution in [0.5, 0.6) is 5.75 Å². The van der Waals surface area contributed by atoms with E-state index in [1.54, 1.807) is 5.48 Å². The Bertz CT molecular complexity index is 275. The molecule has 0 aliphatic carbocycles. The van der Waals surface area contributed by atoms with E-state index >= 15 is 0 Å². The number of nitrogens with zero attached hydrogens (tertiary/aromatic N) is 1. The summed E-state index contributed by atoms with van der Waals surface area (Å²) in [4.78, 5) is 10.0. The van der Waals surface area contributed by atoms with Gasteiger partial charge in [-0.05, 0) is 17.3 Å². The Morgan fingerprint density at radius 3 is 2.73 bits per heavy atom. The van der Waals surface area contributed by atoms with Crippen LogP contribution in [0.4, 0.5) is 11.4 Å². The van der Waals surface area contributed by atoms with Gasteiger partial charge >= 0.3 is 0 Å². The summed E-state index contributed by atoms with van der Waals surface area (Å²) in [6.45, 7) is 0. The summed E-state index contributed by atoms with van der Waals surface area (Å²) >= 11 is 0. The predicted octanol–water partition coefficient (Wildman–Crippen LogP) is 1.59. The summed E-state index contributed by atoms with van der Waals surface area (Å²) in [5.74, 6) is -0.0473. The molecule has 3 N–H and O–H groups in total. The van der Waals surface area contributed by atoms with Gasteiger partial charge in [0.25, 0.3) is 0 Å². The van der Waals surface area contributed by atoms with Gasteiger partial charge in [-0.25, -0.2) is 0 Å². The number of benzene rings is 1. The molecule has 0 fully saturated rings. The van der Waals surface area contributed by atoms with E-state index in [0.717, 1.165) is 0 Å². The van der Waals surface area contributed by atoms with Gasteiger partial charge in [0.1, 0.15) is 11.4 Å². The maximum absolute atomic E-state index is 10.0. The third kappa shape index (κ3) is 1.44. The van der Waals surface area contributed by atoms with E-state index in [1.807, 2.05) is 0 Å². The highest BCUT2D eigenvalue weighted by Gasteiger charge is 2.01. The van der Waals surface area contributed by atoms with Crippen LogP contribution in [0.2, 0.25) is 0 Å². The average molecular weight is 154 g/mol. The molecule has 1 aromatic rings. The van der Waals surface area contributed by atoms with E-state index in [-0.39, 0.29) is 17.1 Å². The quantitative estimate of drug-likeness (QED) is 0.446. The maximum atomic E-state index is 10.0. The van der Waals surface area contributed by atoms with Gasteiger partial charge in [0, 0.05) is 6.07 Å². The molecule has 0 unspecified atom stereocenters. The van der Waals surface area contributed by atoms with Gasteiger partial charge in [-0.1, -0.05) is 0 Å². The SMILES string of the molecule is O=Nc1ccc(O)cc1NO. The highest BCUT2D eigenvalue weighted by molar-refractivity contribution is 5.66. The van der Waals surface area contributed by atoms with Crippen molar-refractivity contribution in [1.29, 1.82) is 0 Å². The summed E-state index contributed by atoms with van der Waals surface area (Å²) < 4.78 is 0. The highest BCUT2D eigenvalue weighted by Crippen LogP contribution is 2.27. The molecule has 0 aromatic heterocycles. The zero-order valence-corrected chi connectivity index (χ0v) is 5.48. The van der Waals surface area contributed by atoms with E-state index in [4.69, 9.17) is 10.3 Å². The Labute approximate surface area is 62.2 Å². The van der Waals surface area contributed by atoms with Gasteiger partial charge in [-0.2, -0.15) is 0 Å². The molecule has 1 rings (SSSR count). The van der Waals surface area contributed by atoms with Crippen LogP contribution in [0, 0.1) is 4.91 Å². The normalized spacial score (nSPS) is 9.18. The maximum Gasteiger partial charge on any atom is 0.133 e. The molecule has 0 saturated heterocycles. The Balaban J connectivity index is 3.16. The summed E-state index contributed by atoms with van der Waals surface area (Å²) in [6.07, 6.45) is 0. The van der Waals surface area contributed by atoms with Crippen molar-refractivity contribution in [2.45, 2.75) is 0 Å². The molecule has 0 radical (unpaired) electrons. The van der Waals surface area contributed by atoms with Crippen LogP contribution in [0.3, 0.4) is 0 Å². The van der Waals surface area contributed by atoms with Gasteiger partial charge in [-0.3, -0.25) is 10.7 Å². The van der Waals surface area contributed by atoms with E-state index < -0.39 is 0 Å².